The minimum absolute atomic E-state index is 0.375. The minimum atomic E-state index is 0.375. The highest BCUT2D eigenvalue weighted by Gasteiger charge is 2.17. The molecule has 1 aromatic rings. The van der Waals surface area contributed by atoms with Crippen LogP contribution in [0, 0.1) is 11.3 Å². The molecule has 0 aromatic carbocycles. The topological polar surface area (TPSA) is 44.9 Å². The van der Waals surface area contributed by atoms with Crippen LogP contribution in [0.3, 0.4) is 0 Å². The van der Waals surface area contributed by atoms with Gasteiger partial charge in [0.25, 0.3) is 0 Å². The summed E-state index contributed by atoms with van der Waals surface area (Å²) in [6.45, 7) is 5.48. The predicted molar refractivity (Wildman–Crippen MR) is 75.5 cm³/mol. The maximum Gasteiger partial charge on any atom is 0.0871 e. The van der Waals surface area contributed by atoms with Crippen molar-refractivity contribution in [3.63, 3.8) is 0 Å². The molecule has 19 heavy (non-hydrogen) atoms. The maximum atomic E-state index is 8.86. The van der Waals surface area contributed by atoms with Gasteiger partial charge < -0.3 is 0 Å². The first-order chi connectivity index (χ1) is 9.20. The van der Waals surface area contributed by atoms with E-state index >= 15 is 0 Å². The molecular weight excluding hydrogens is 236 g/mol. The summed E-state index contributed by atoms with van der Waals surface area (Å²) >= 11 is 0. The van der Waals surface area contributed by atoms with Crippen molar-refractivity contribution in [2.75, 3.05) is 6.54 Å². The van der Waals surface area contributed by atoms with Gasteiger partial charge in [-0.2, -0.15) is 10.4 Å². The van der Waals surface area contributed by atoms with Gasteiger partial charge in [-0.05, 0) is 32.8 Å². The van der Waals surface area contributed by atoms with Gasteiger partial charge in [0.2, 0.25) is 0 Å². The second kappa shape index (κ2) is 6.72. The average Bonchev–Trinajstić information content (AvgIpc) is 2.88. The van der Waals surface area contributed by atoms with E-state index < -0.39 is 0 Å². The van der Waals surface area contributed by atoms with Gasteiger partial charge in [0.05, 0.1) is 24.3 Å². The summed E-state index contributed by atoms with van der Waals surface area (Å²) < 4.78 is 2.14. The van der Waals surface area contributed by atoms with Crippen LogP contribution in [-0.4, -0.2) is 27.3 Å². The Labute approximate surface area is 116 Å². The van der Waals surface area contributed by atoms with Crippen LogP contribution in [0.4, 0.5) is 0 Å². The highest BCUT2D eigenvalue weighted by molar-refractivity contribution is 5.01. The third-order valence-electron chi connectivity index (χ3n) is 3.98. The third-order valence-corrected chi connectivity index (χ3v) is 3.98. The molecule has 0 atom stereocenters. The molecule has 1 aliphatic carbocycles. The van der Waals surface area contributed by atoms with Gasteiger partial charge in [-0.1, -0.05) is 19.3 Å². The molecular formula is C15H24N4. The van der Waals surface area contributed by atoms with Crippen molar-refractivity contribution in [3.05, 3.63) is 18.0 Å². The molecule has 1 saturated carbocycles. The van der Waals surface area contributed by atoms with Crippen molar-refractivity contribution >= 4 is 0 Å². The van der Waals surface area contributed by atoms with Crippen LogP contribution in [0.2, 0.25) is 0 Å². The molecule has 0 aliphatic heterocycles. The van der Waals surface area contributed by atoms with E-state index in [0.29, 0.717) is 18.6 Å². The lowest BCUT2D eigenvalue weighted by Crippen LogP contribution is -2.30. The molecule has 1 fully saturated rings. The molecule has 0 radical (unpaired) electrons. The minimum Gasteiger partial charge on any atom is -0.282 e. The molecule has 2 rings (SSSR count). The monoisotopic (exact) mass is 260 g/mol. The number of hydrogen-bond donors (Lipinski definition) is 0. The van der Waals surface area contributed by atoms with E-state index in [9.17, 15) is 0 Å². The third kappa shape index (κ3) is 3.81. The van der Waals surface area contributed by atoms with Gasteiger partial charge in [0, 0.05) is 18.8 Å². The van der Waals surface area contributed by atoms with Crippen molar-refractivity contribution in [2.24, 2.45) is 0 Å². The van der Waals surface area contributed by atoms with Crippen molar-refractivity contribution in [1.82, 2.24) is 14.7 Å². The summed E-state index contributed by atoms with van der Waals surface area (Å²) in [5.74, 6) is 0. The number of aromatic nitrogens is 2. The predicted octanol–water partition coefficient (Wildman–Crippen LogP) is 3.12. The molecule has 1 heterocycles. The van der Waals surface area contributed by atoms with Crippen LogP contribution in [0.15, 0.2) is 12.3 Å². The van der Waals surface area contributed by atoms with Crippen LogP contribution in [-0.2, 0) is 6.54 Å². The Bertz CT molecular complexity index is 424. The van der Waals surface area contributed by atoms with Gasteiger partial charge in [-0.3, -0.25) is 9.58 Å². The summed E-state index contributed by atoms with van der Waals surface area (Å²) in [7, 11) is 0. The van der Waals surface area contributed by atoms with Crippen LogP contribution in [0.25, 0.3) is 0 Å². The van der Waals surface area contributed by atoms with E-state index in [2.05, 4.69) is 41.8 Å². The van der Waals surface area contributed by atoms with Gasteiger partial charge in [0.1, 0.15) is 0 Å². The Hall–Kier alpha value is -1.34. The lowest BCUT2D eigenvalue weighted by molar-refractivity contribution is 0.235. The molecule has 0 saturated heterocycles. The lowest BCUT2D eigenvalue weighted by Gasteiger charge is -2.23. The normalized spacial score (nSPS) is 17.0. The van der Waals surface area contributed by atoms with E-state index in [4.69, 9.17) is 10.4 Å². The molecule has 0 bridgehead atoms. The smallest absolute Gasteiger partial charge is 0.0871 e. The molecule has 0 spiro atoms. The Kier molecular flexibility index (Phi) is 4.98. The fourth-order valence-electron chi connectivity index (χ4n) is 2.73. The van der Waals surface area contributed by atoms with Gasteiger partial charge in [0.15, 0.2) is 0 Å². The SMILES string of the molecule is CC(C)N(CC#N)Cc1ccn(C2CCCCC2)n1. The highest BCUT2D eigenvalue weighted by Crippen LogP contribution is 2.27. The molecule has 1 aliphatic rings. The summed E-state index contributed by atoms with van der Waals surface area (Å²) in [4.78, 5) is 2.15. The fourth-order valence-corrected chi connectivity index (χ4v) is 2.73. The van der Waals surface area contributed by atoms with Crippen LogP contribution < -0.4 is 0 Å². The van der Waals surface area contributed by atoms with Crippen molar-refractivity contribution in [2.45, 2.75) is 64.6 Å². The first kappa shape index (κ1) is 14.1. The van der Waals surface area contributed by atoms with Crippen molar-refractivity contribution in [1.29, 1.82) is 5.26 Å². The van der Waals surface area contributed by atoms with Gasteiger partial charge >= 0.3 is 0 Å². The molecule has 4 nitrogen and oxygen atoms in total. The summed E-state index contributed by atoms with van der Waals surface area (Å²) in [6.07, 6.45) is 8.64. The Morgan fingerprint density at radius 2 is 2.16 bits per heavy atom. The zero-order chi connectivity index (χ0) is 13.7. The maximum absolute atomic E-state index is 8.86. The highest BCUT2D eigenvalue weighted by atomic mass is 15.3. The number of nitrogens with zero attached hydrogens (tertiary/aromatic N) is 4. The van der Waals surface area contributed by atoms with Crippen molar-refractivity contribution in [3.8, 4) is 6.07 Å². The zero-order valence-corrected chi connectivity index (χ0v) is 12.0. The van der Waals surface area contributed by atoms with Crippen molar-refractivity contribution < 1.29 is 0 Å². The Balaban J connectivity index is 1.98. The lowest BCUT2D eigenvalue weighted by atomic mass is 9.96. The number of nitriles is 1. The second-order valence-electron chi connectivity index (χ2n) is 5.74. The van der Waals surface area contributed by atoms with E-state index in [1.807, 2.05) is 0 Å². The first-order valence-electron chi connectivity index (χ1n) is 7.35. The average molecular weight is 260 g/mol. The zero-order valence-electron chi connectivity index (χ0n) is 12.0. The molecule has 1 aromatic heterocycles. The summed E-state index contributed by atoms with van der Waals surface area (Å²) in [6, 6.07) is 5.29. The van der Waals surface area contributed by atoms with E-state index in [0.717, 1.165) is 12.2 Å². The first-order valence-corrected chi connectivity index (χ1v) is 7.35. The fraction of sp³-hybridized carbons (Fsp3) is 0.733. The molecule has 4 heteroatoms. The summed E-state index contributed by atoms with van der Waals surface area (Å²) in [5.41, 5.74) is 1.08. The van der Waals surface area contributed by atoms with Crippen LogP contribution in [0.1, 0.15) is 57.7 Å². The van der Waals surface area contributed by atoms with Crippen LogP contribution in [0.5, 0.6) is 0 Å². The van der Waals surface area contributed by atoms with Crippen LogP contribution >= 0.6 is 0 Å². The van der Waals surface area contributed by atoms with E-state index in [-0.39, 0.29) is 0 Å². The molecule has 104 valence electrons. The van der Waals surface area contributed by atoms with Gasteiger partial charge in [-0.25, -0.2) is 0 Å². The second-order valence-corrected chi connectivity index (χ2v) is 5.74. The number of rotatable bonds is 5. The quantitative estimate of drug-likeness (QED) is 0.764. The molecule has 0 N–H and O–H groups in total. The Morgan fingerprint density at radius 1 is 1.42 bits per heavy atom. The molecule has 0 unspecified atom stereocenters. The van der Waals surface area contributed by atoms with E-state index in [1.54, 1.807) is 0 Å². The number of hydrogen-bond acceptors (Lipinski definition) is 3. The molecule has 0 amide bonds. The van der Waals surface area contributed by atoms with Gasteiger partial charge in [-0.15, -0.1) is 0 Å². The Morgan fingerprint density at radius 3 is 2.79 bits per heavy atom. The largest absolute Gasteiger partial charge is 0.282 e. The van der Waals surface area contributed by atoms with E-state index in [1.165, 1.54) is 32.1 Å². The standard InChI is InChI=1S/C15H24N4/c1-13(2)18(11-9-16)12-14-8-10-19(17-14)15-6-4-3-5-7-15/h8,10,13,15H,3-7,11-12H2,1-2H3. The summed E-state index contributed by atoms with van der Waals surface area (Å²) in [5, 5.41) is 13.6.